The van der Waals surface area contributed by atoms with Gasteiger partial charge in [0.25, 0.3) is 0 Å². The number of sulfonamides is 1. The summed E-state index contributed by atoms with van der Waals surface area (Å²) in [5, 5.41) is 0. The zero-order valence-corrected chi connectivity index (χ0v) is 13.5. The second kappa shape index (κ2) is 5.94. The Kier molecular flexibility index (Phi) is 4.60. The molecule has 21 heavy (non-hydrogen) atoms. The summed E-state index contributed by atoms with van der Waals surface area (Å²) in [5.74, 6) is 0.0347. The Labute approximate surface area is 130 Å². The molecule has 1 aliphatic rings. The average molecular weight is 331 g/mol. The maximum absolute atomic E-state index is 12.6. The summed E-state index contributed by atoms with van der Waals surface area (Å²) in [4.78, 5) is 11.7. The van der Waals surface area contributed by atoms with Crippen LogP contribution in [0, 0.1) is 5.41 Å². The molecule has 1 fully saturated rings. The van der Waals surface area contributed by atoms with Crippen LogP contribution in [0.2, 0.25) is 0 Å². The molecular formula is C14H19ClN2O3S. The monoisotopic (exact) mass is 330 g/mol. The molecule has 0 saturated carbocycles. The molecule has 1 atom stereocenters. The van der Waals surface area contributed by atoms with Gasteiger partial charge in [-0.25, -0.2) is 8.42 Å². The highest BCUT2D eigenvalue weighted by Gasteiger charge is 2.43. The van der Waals surface area contributed by atoms with Crippen LogP contribution in [0.25, 0.3) is 0 Å². The minimum atomic E-state index is -3.58. The molecule has 1 saturated heterocycles. The number of aryl methyl sites for hydroxylation is 1. The van der Waals surface area contributed by atoms with Crippen molar-refractivity contribution in [2.24, 2.45) is 11.1 Å². The van der Waals surface area contributed by atoms with Gasteiger partial charge >= 0.3 is 0 Å². The molecule has 1 aromatic carbocycles. The van der Waals surface area contributed by atoms with Crippen LogP contribution in [0.5, 0.6) is 0 Å². The van der Waals surface area contributed by atoms with Gasteiger partial charge in [-0.3, -0.25) is 4.79 Å². The third-order valence-electron chi connectivity index (χ3n) is 3.98. The maximum Gasteiger partial charge on any atom is 0.243 e. The van der Waals surface area contributed by atoms with Gasteiger partial charge in [0.2, 0.25) is 15.9 Å². The molecule has 5 nitrogen and oxygen atoms in total. The largest absolute Gasteiger partial charge is 0.369 e. The molecule has 1 heterocycles. The van der Waals surface area contributed by atoms with Gasteiger partial charge in [-0.1, -0.05) is 12.1 Å². The lowest BCUT2D eigenvalue weighted by molar-refractivity contribution is -0.126. The minimum Gasteiger partial charge on any atom is -0.369 e. The number of carbonyl (C=O) groups is 1. The lowest BCUT2D eigenvalue weighted by atomic mass is 9.89. The molecule has 1 amide bonds. The summed E-state index contributed by atoms with van der Waals surface area (Å²) in [5.41, 5.74) is 5.56. The highest BCUT2D eigenvalue weighted by Crippen LogP contribution is 2.33. The van der Waals surface area contributed by atoms with Crippen molar-refractivity contribution in [2.45, 2.75) is 24.7 Å². The molecule has 2 rings (SSSR count). The first-order valence-electron chi connectivity index (χ1n) is 6.74. The fourth-order valence-corrected chi connectivity index (χ4v) is 4.19. The Morgan fingerprint density at radius 1 is 1.38 bits per heavy atom. The SMILES string of the molecule is CC1(C(N)=O)CCN(S(=O)(=O)c2ccc(CCCl)cc2)C1. The number of nitrogens with two attached hydrogens (primary N) is 1. The minimum absolute atomic E-state index is 0.133. The highest BCUT2D eigenvalue weighted by atomic mass is 35.5. The second-order valence-corrected chi connectivity index (χ2v) is 7.91. The first kappa shape index (κ1) is 16.3. The van der Waals surface area contributed by atoms with Crippen LogP contribution in [0.4, 0.5) is 0 Å². The molecule has 116 valence electrons. The summed E-state index contributed by atoms with van der Waals surface area (Å²) in [6, 6.07) is 6.69. The summed E-state index contributed by atoms with van der Waals surface area (Å²) >= 11 is 5.66. The van der Waals surface area contributed by atoms with Gasteiger partial charge in [-0.05, 0) is 37.5 Å². The summed E-state index contributed by atoms with van der Waals surface area (Å²) in [7, 11) is -3.58. The third-order valence-corrected chi connectivity index (χ3v) is 6.03. The van der Waals surface area contributed by atoms with Crippen LogP contribution in [-0.4, -0.2) is 37.6 Å². The highest BCUT2D eigenvalue weighted by molar-refractivity contribution is 7.89. The molecule has 1 aromatic rings. The molecule has 1 aliphatic heterocycles. The van der Waals surface area contributed by atoms with Crippen molar-refractivity contribution < 1.29 is 13.2 Å². The van der Waals surface area contributed by atoms with Gasteiger partial charge in [0, 0.05) is 19.0 Å². The Bertz CT molecular complexity index is 630. The van der Waals surface area contributed by atoms with Gasteiger partial charge in [-0.15, -0.1) is 11.6 Å². The predicted octanol–water partition coefficient (Wildman–Crippen LogP) is 1.35. The van der Waals surface area contributed by atoms with Crippen molar-refractivity contribution in [1.29, 1.82) is 0 Å². The van der Waals surface area contributed by atoms with E-state index in [4.69, 9.17) is 17.3 Å². The number of alkyl halides is 1. The first-order valence-corrected chi connectivity index (χ1v) is 8.72. The van der Waals surface area contributed by atoms with E-state index >= 15 is 0 Å². The van der Waals surface area contributed by atoms with E-state index in [2.05, 4.69) is 0 Å². The van der Waals surface area contributed by atoms with E-state index in [1.165, 1.54) is 4.31 Å². The molecule has 2 N–H and O–H groups in total. The Hall–Kier alpha value is -1.11. The summed E-state index contributed by atoms with van der Waals surface area (Å²) in [6.45, 7) is 2.15. The predicted molar refractivity (Wildman–Crippen MR) is 81.5 cm³/mol. The lowest BCUT2D eigenvalue weighted by Crippen LogP contribution is -2.38. The summed E-state index contributed by atoms with van der Waals surface area (Å²) in [6.07, 6.45) is 1.15. The zero-order chi connectivity index (χ0) is 15.7. The van der Waals surface area contributed by atoms with E-state index in [9.17, 15) is 13.2 Å². The smallest absolute Gasteiger partial charge is 0.243 e. The van der Waals surface area contributed by atoms with Crippen LogP contribution in [0.1, 0.15) is 18.9 Å². The zero-order valence-electron chi connectivity index (χ0n) is 11.9. The molecule has 0 bridgehead atoms. The van der Waals surface area contributed by atoms with E-state index in [1.807, 2.05) is 0 Å². The van der Waals surface area contributed by atoms with Crippen LogP contribution in [0.3, 0.4) is 0 Å². The third kappa shape index (κ3) is 3.22. The van der Waals surface area contributed by atoms with Crippen molar-refractivity contribution in [3.63, 3.8) is 0 Å². The standard InChI is InChI=1S/C14H19ClN2O3S/c1-14(13(16)18)7-9-17(10-14)21(19,20)12-4-2-11(3-5-12)6-8-15/h2-5H,6-10H2,1H3,(H2,16,18). The van der Waals surface area contributed by atoms with Crippen LogP contribution in [0.15, 0.2) is 29.2 Å². The number of hydrogen-bond donors (Lipinski definition) is 1. The van der Waals surface area contributed by atoms with Gasteiger partial charge < -0.3 is 5.73 Å². The molecule has 0 aromatic heterocycles. The second-order valence-electron chi connectivity index (χ2n) is 5.60. The quantitative estimate of drug-likeness (QED) is 0.828. The average Bonchev–Trinajstić information content (AvgIpc) is 2.85. The molecular weight excluding hydrogens is 312 g/mol. The molecule has 1 unspecified atom stereocenters. The van der Waals surface area contributed by atoms with Crippen LogP contribution >= 0.6 is 11.6 Å². The van der Waals surface area contributed by atoms with E-state index in [0.29, 0.717) is 25.3 Å². The first-order chi connectivity index (χ1) is 9.79. The maximum atomic E-state index is 12.6. The topological polar surface area (TPSA) is 80.5 Å². The molecule has 7 heteroatoms. The fourth-order valence-electron chi connectivity index (χ4n) is 2.41. The van der Waals surface area contributed by atoms with Crippen molar-refractivity contribution in [1.82, 2.24) is 4.31 Å². The number of carbonyl (C=O) groups excluding carboxylic acids is 1. The number of amides is 1. The summed E-state index contributed by atoms with van der Waals surface area (Å²) < 4.78 is 26.5. The molecule has 0 aliphatic carbocycles. The Morgan fingerprint density at radius 2 is 2.00 bits per heavy atom. The number of benzene rings is 1. The van der Waals surface area contributed by atoms with Crippen molar-refractivity contribution in [3.8, 4) is 0 Å². The van der Waals surface area contributed by atoms with Crippen LogP contribution < -0.4 is 5.73 Å². The van der Waals surface area contributed by atoms with E-state index in [1.54, 1.807) is 31.2 Å². The van der Waals surface area contributed by atoms with Crippen molar-refractivity contribution >= 4 is 27.5 Å². The van der Waals surface area contributed by atoms with E-state index in [-0.39, 0.29) is 11.4 Å². The number of halogens is 1. The Morgan fingerprint density at radius 3 is 2.48 bits per heavy atom. The van der Waals surface area contributed by atoms with Gasteiger partial charge in [0.15, 0.2) is 0 Å². The number of nitrogens with zero attached hydrogens (tertiary/aromatic N) is 1. The fraction of sp³-hybridized carbons (Fsp3) is 0.500. The number of hydrogen-bond acceptors (Lipinski definition) is 3. The van der Waals surface area contributed by atoms with Crippen LogP contribution in [-0.2, 0) is 21.2 Å². The van der Waals surface area contributed by atoms with Gasteiger partial charge in [0.05, 0.1) is 10.3 Å². The Balaban J connectivity index is 2.21. The van der Waals surface area contributed by atoms with E-state index < -0.39 is 21.3 Å². The molecule has 0 radical (unpaired) electrons. The van der Waals surface area contributed by atoms with Crippen molar-refractivity contribution in [2.75, 3.05) is 19.0 Å². The van der Waals surface area contributed by atoms with Gasteiger partial charge in [-0.2, -0.15) is 4.31 Å². The normalized spacial score (nSPS) is 23.3. The lowest BCUT2D eigenvalue weighted by Gasteiger charge is -2.21. The number of primary amides is 1. The van der Waals surface area contributed by atoms with Crippen molar-refractivity contribution in [3.05, 3.63) is 29.8 Å². The van der Waals surface area contributed by atoms with Gasteiger partial charge in [0.1, 0.15) is 0 Å². The number of rotatable bonds is 5. The molecule has 0 spiro atoms. The van der Waals surface area contributed by atoms with E-state index in [0.717, 1.165) is 5.56 Å².